The van der Waals surface area contributed by atoms with Crippen LogP contribution in [-0.4, -0.2) is 29.9 Å². The predicted octanol–water partition coefficient (Wildman–Crippen LogP) is 2.50. The summed E-state index contributed by atoms with van der Waals surface area (Å²) in [4.78, 5) is 4.94. The standard InChI is InChI=1S/C16H13N5O/c22-21-15-7-6-13(10-14(15)18-19-21)16(20-9-8-17-11-20)12-4-2-1-3-5-12/h1-11,16,22H. The van der Waals surface area contributed by atoms with Crippen LogP contribution in [0.1, 0.15) is 17.2 Å². The summed E-state index contributed by atoms with van der Waals surface area (Å²) in [6.07, 6.45) is 5.49. The van der Waals surface area contributed by atoms with Gasteiger partial charge in [-0.2, -0.15) is 0 Å². The molecule has 0 radical (unpaired) electrons. The lowest BCUT2D eigenvalue weighted by Crippen LogP contribution is -2.10. The van der Waals surface area contributed by atoms with Crippen molar-refractivity contribution >= 4 is 11.0 Å². The van der Waals surface area contributed by atoms with E-state index in [1.165, 1.54) is 0 Å². The lowest BCUT2D eigenvalue weighted by molar-refractivity contribution is 0.155. The molecule has 6 nitrogen and oxygen atoms in total. The first-order valence-electron chi connectivity index (χ1n) is 6.90. The molecule has 0 saturated heterocycles. The third kappa shape index (κ3) is 2.01. The second kappa shape index (κ2) is 5.00. The summed E-state index contributed by atoms with van der Waals surface area (Å²) in [5, 5.41) is 17.2. The van der Waals surface area contributed by atoms with Crippen molar-refractivity contribution in [3.63, 3.8) is 0 Å². The van der Waals surface area contributed by atoms with Crippen molar-refractivity contribution in [2.75, 3.05) is 0 Å². The monoisotopic (exact) mass is 291 g/mol. The highest BCUT2D eigenvalue weighted by Crippen LogP contribution is 2.28. The maximum Gasteiger partial charge on any atom is 0.130 e. The molecule has 1 N–H and O–H groups in total. The van der Waals surface area contributed by atoms with Gasteiger partial charge in [0.05, 0.1) is 12.4 Å². The van der Waals surface area contributed by atoms with Gasteiger partial charge in [0.15, 0.2) is 0 Å². The molecule has 22 heavy (non-hydrogen) atoms. The minimum absolute atomic E-state index is 0.00283. The molecule has 0 spiro atoms. The fourth-order valence-electron chi connectivity index (χ4n) is 2.69. The van der Waals surface area contributed by atoms with Gasteiger partial charge in [-0.3, -0.25) is 0 Å². The Kier molecular flexibility index (Phi) is 2.86. The van der Waals surface area contributed by atoms with Crippen molar-refractivity contribution in [2.24, 2.45) is 0 Å². The minimum atomic E-state index is -0.00283. The lowest BCUT2D eigenvalue weighted by atomic mass is 9.98. The van der Waals surface area contributed by atoms with Crippen molar-refractivity contribution in [3.05, 3.63) is 78.4 Å². The van der Waals surface area contributed by atoms with Crippen LogP contribution in [0.2, 0.25) is 0 Å². The zero-order valence-electron chi connectivity index (χ0n) is 11.6. The van der Waals surface area contributed by atoms with Gasteiger partial charge in [-0.25, -0.2) is 4.98 Å². The van der Waals surface area contributed by atoms with Gasteiger partial charge in [0.2, 0.25) is 0 Å². The molecular formula is C16H13N5O. The SMILES string of the molecule is On1nnc2cc(C(c3ccccc3)n3ccnc3)ccc21. The Morgan fingerprint density at radius 1 is 1.00 bits per heavy atom. The normalized spacial score (nSPS) is 12.5. The molecule has 6 heteroatoms. The first-order valence-corrected chi connectivity index (χ1v) is 6.90. The minimum Gasteiger partial charge on any atom is -0.410 e. The van der Waals surface area contributed by atoms with E-state index < -0.39 is 0 Å². The number of benzene rings is 2. The maximum absolute atomic E-state index is 9.57. The van der Waals surface area contributed by atoms with Crippen LogP contribution in [0.4, 0.5) is 0 Å². The fraction of sp³-hybridized carbons (Fsp3) is 0.0625. The average molecular weight is 291 g/mol. The largest absolute Gasteiger partial charge is 0.410 e. The zero-order chi connectivity index (χ0) is 14.9. The van der Waals surface area contributed by atoms with Crippen LogP contribution in [0.25, 0.3) is 11.0 Å². The van der Waals surface area contributed by atoms with Gasteiger partial charge in [-0.15, -0.1) is 5.10 Å². The molecule has 2 heterocycles. The summed E-state index contributed by atoms with van der Waals surface area (Å²) in [7, 11) is 0. The molecule has 1 unspecified atom stereocenters. The number of hydrogen-bond donors (Lipinski definition) is 1. The van der Waals surface area contributed by atoms with Crippen LogP contribution in [0.3, 0.4) is 0 Å². The molecule has 0 aliphatic heterocycles. The number of aromatic nitrogens is 5. The van der Waals surface area contributed by atoms with E-state index in [1.54, 1.807) is 12.5 Å². The van der Waals surface area contributed by atoms with Crippen LogP contribution < -0.4 is 0 Å². The van der Waals surface area contributed by atoms with Gasteiger partial charge in [0.1, 0.15) is 11.0 Å². The molecule has 0 aliphatic carbocycles. The van der Waals surface area contributed by atoms with Crippen molar-refractivity contribution in [1.82, 2.24) is 24.7 Å². The van der Waals surface area contributed by atoms with E-state index in [9.17, 15) is 5.21 Å². The maximum atomic E-state index is 9.57. The topological polar surface area (TPSA) is 68.8 Å². The first-order chi connectivity index (χ1) is 10.8. The Morgan fingerprint density at radius 2 is 1.86 bits per heavy atom. The van der Waals surface area contributed by atoms with E-state index in [1.807, 2.05) is 47.2 Å². The highest BCUT2D eigenvalue weighted by atomic mass is 16.5. The van der Waals surface area contributed by atoms with Crippen LogP contribution in [0.5, 0.6) is 0 Å². The van der Waals surface area contributed by atoms with Gasteiger partial charge < -0.3 is 9.77 Å². The van der Waals surface area contributed by atoms with E-state index >= 15 is 0 Å². The summed E-state index contributed by atoms with van der Waals surface area (Å²) in [5.41, 5.74) is 3.44. The summed E-state index contributed by atoms with van der Waals surface area (Å²) in [5.74, 6) is 0. The van der Waals surface area contributed by atoms with E-state index in [-0.39, 0.29) is 6.04 Å². The van der Waals surface area contributed by atoms with Crippen molar-refractivity contribution in [2.45, 2.75) is 6.04 Å². The Bertz CT molecular complexity index is 899. The summed E-state index contributed by atoms with van der Waals surface area (Å²) in [6, 6.07) is 15.9. The zero-order valence-corrected chi connectivity index (χ0v) is 11.6. The molecule has 4 aromatic rings. The molecule has 2 aromatic carbocycles. The lowest BCUT2D eigenvalue weighted by Gasteiger charge is -2.19. The molecule has 2 aromatic heterocycles. The van der Waals surface area contributed by atoms with Gasteiger partial charge in [-0.05, 0) is 28.5 Å². The van der Waals surface area contributed by atoms with Crippen LogP contribution in [0, 0.1) is 0 Å². The molecule has 1 atom stereocenters. The van der Waals surface area contributed by atoms with Crippen LogP contribution >= 0.6 is 0 Å². The van der Waals surface area contributed by atoms with Crippen molar-refractivity contribution in [3.8, 4) is 0 Å². The molecule has 0 bridgehead atoms. The summed E-state index contributed by atoms with van der Waals surface area (Å²) >= 11 is 0. The first kappa shape index (κ1) is 12.6. The van der Waals surface area contributed by atoms with Gasteiger partial charge >= 0.3 is 0 Å². The van der Waals surface area contributed by atoms with E-state index in [0.29, 0.717) is 11.0 Å². The smallest absolute Gasteiger partial charge is 0.130 e. The van der Waals surface area contributed by atoms with E-state index in [0.717, 1.165) is 16.0 Å². The van der Waals surface area contributed by atoms with Crippen LogP contribution in [0.15, 0.2) is 67.3 Å². The molecule has 0 fully saturated rings. The van der Waals surface area contributed by atoms with E-state index in [4.69, 9.17) is 0 Å². The Morgan fingerprint density at radius 3 is 2.64 bits per heavy atom. The molecular weight excluding hydrogens is 278 g/mol. The molecule has 4 rings (SSSR count). The third-order valence-corrected chi connectivity index (χ3v) is 3.71. The summed E-state index contributed by atoms with van der Waals surface area (Å²) in [6.45, 7) is 0. The molecule has 0 amide bonds. The number of fused-ring (bicyclic) bond motifs is 1. The summed E-state index contributed by atoms with van der Waals surface area (Å²) < 4.78 is 2.04. The van der Waals surface area contributed by atoms with Gasteiger partial charge in [0, 0.05) is 12.4 Å². The average Bonchev–Trinajstić information content (AvgIpc) is 3.20. The fourth-order valence-corrected chi connectivity index (χ4v) is 2.69. The molecule has 108 valence electrons. The Labute approximate surface area is 126 Å². The van der Waals surface area contributed by atoms with Gasteiger partial charge in [0.25, 0.3) is 0 Å². The predicted molar refractivity (Wildman–Crippen MR) is 80.6 cm³/mol. The van der Waals surface area contributed by atoms with Gasteiger partial charge in [-0.1, -0.05) is 41.2 Å². The molecule has 0 saturated carbocycles. The second-order valence-corrected chi connectivity index (χ2v) is 5.05. The van der Waals surface area contributed by atoms with E-state index in [2.05, 4.69) is 27.4 Å². The number of rotatable bonds is 3. The second-order valence-electron chi connectivity index (χ2n) is 5.05. The molecule has 0 aliphatic rings. The van der Waals surface area contributed by atoms with Crippen molar-refractivity contribution < 1.29 is 5.21 Å². The van der Waals surface area contributed by atoms with Crippen molar-refractivity contribution in [1.29, 1.82) is 0 Å². The number of nitrogens with zero attached hydrogens (tertiary/aromatic N) is 5. The van der Waals surface area contributed by atoms with Crippen LogP contribution in [-0.2, 0) is 0 Å². The highest BCUT2D eigenvalue weighted by molar-refractivity contribution is 5.75. The Balaban J connectivity index is 1.89. The number of hydrogen-bond acceptors (Lipinski definition) is 4. The number of imidazole rings is 1. The third-order valence-electron chi connectivity index (χ3n) is 3.71. The Hall–Kier alpha value is -3.15. The quantitative estimate of drug-likeness (QED) is 0.589. The highest BCUT2D eigenvalue weighted by Gasteiger charge is 2.17.